The van der Waals surface area contributed by atoms with Crippen molar-refractivity contribution in [2.45, 2.75) is 13.0 Å². The minimum absolute atomic E-state index is 0.0842. The van der Waals surface area contributed by atoms with Gasteiger partial charge in [-0.25, -0.2) is 9.71 Å². The summed E-state index contributed by atoms with van der Waals surface area (Å²) in [6.07, 6.45) is 0. The minimum Gasteiger partial charge on any atom is -0.383 e. The molecule has 0 radical (unpaired) electrons. The third-order valence-corrected chi connectivity index (χ3v) is 4.17. The lowest BCUT2D eigenvalue weighted by molar-refractivity contribution is 0.204. The molecule has 0 spiro atoms. The normalized spacial score (nSPS) is 13.5. The molecule has 104 valence electrons. The molecule has 0 aliphatic carbocycles. The zero-order valence-electron chi connectivity index (χ0n) is 10.6. The molecule has 0 bridgehead atoms. The van der Waals surface area contributed by atoms with Gasteiger partial charge in [-0.2, -0.15) is 13.1 Å². The van der Waals surface area contributed by atoms with E-state index in [-0.39, 0.29) is 12.6 Å². The molecule has 1 atom stereocenters. The van der Waals surface area contributed by atoms with E-state index in [4.69, 9.17) is 4.74 Å². The monoisotopic (exact) mass is 294 g/mol. The van der Waals surface area contributed by atoms with Crippen LogP contribution in [0.15, 0.2) is 5.38 Å². The molecule has 3 N–H and O–H groups in total. The summed E-state index contributed by atoms with van der Waals surface area (Å²) in [6.45, 7) is 2.49. The van der Waals surface area contributed by atoms with Crippen molar-refractivity contribution >= 4 is 26.7 Å². The van der Waals surface area contributed by atoms with Crippen LogP contribution >= 0.6 is 11.3 Å². The molecule has 18 heavy (non-hydrogen) atoms. The van der Waals surface area contributed by atoms with E-state index in [1.54, 1.807) is 0 Å². The van der Waals surface area contributed by atoms with Crippen LogP contribution in [0.25, 0.3) is 0 Å². The molecule has 0 saturated heterocycles. The molecule has 1 rings (SSSR count). The maximum atomic E-state index is 11.6. The number of aromatic nitrogens is 1. The van der Waals surface area contributed by atoms with Crippen molar-refractivity contribution in [3.8, 4) is 0 Å². The summed E-state index contributed by atoms with van der Waals surface area (Å²) in [5.41, 5.74) is 0.803. The standard InChI is InChI=1S/C9H18N4O3S2/c1-7(10-2)8-6-17-9(12-8)13-18(14,15)11-4-5-16-3/h6-7,10-11H,4-5H2,1-3H3,(H,12,13). The lowest BCUT2D eigenvalue weighted by Gasteiger charge is -2.07. The Morgan fingerprint density at radius 3 is 2.89 bits per heavy atom. The van der Waals surface area contributed by atoms with Gasteiger partial charge in [-0.15, -0.1) is 11.3 Å². The second-order valence-corrected chi connectivity index (χ2v) is 5.94. The Morgan fingerprint density at radius 1 is 1.56 bits per heavy atom. The van der Waals surface area contributed by atoms with Crippen molar-refractivity contribution in [2.24, 2.45) is 0 Å². The summed E-state index contributed by atoms with van der Waals surface area (Å²) in [7, 11) is -0.251. The highest BCUT2D eigenvalue weighted by Gasteiger charge is 2.13. The molecule has 1 aromatic rings. The zero-order valence-corrected chi connectivity index (χ0v) is 12.2. The van der Waals surface area contributed by atoms with Crippen LogP contribution in [0, 0.1) is 0 Å². The fourth-order valence-electron chi connectivity index (χ4n) is 1.11. The van der Waals surface area contributed by atoms with Crippen molar-refractivity contribution in [2.75, 3.05) is 32.0 Å². The topological polar surface area (TPSA) is 92.3 Å². The molecule has 7 nitrogen and oxygen atoms in total. The van der Waals surface area contributed by atoms with Gasteiger partial charge in [0.2, 0.25) is 0 Å². The van der Waals surface area contributed by atoms with Crippen molar-refractivity contribution in [1.29, 1.82) is 0 Å². The van der Waals surface area contributed by atoms with Crippen LogP contribution in [0.4, 0.5) is 5.13 Å². The summed E-state index contributed by atoms with van der Waals surface area (Å²) >= 11 is 1.25. The van der Waals surface area contributed by atoms with Gasteiger partial charge in [-0.05, 0) is 14.0 Å². The van der Waals surface area contributed by atoms with Gasteiger partial charge < -0.3 is 10.1 Å². The first-order chi connectivity index (χ1) is 8.48. The molecule has 1 aromatic heterocycles. The van der Waals surface area contributed by atoms with Crippen molar-refractivity contribution in [3.63, 3.8) is 0 Å². The lowest BCUT2D eigenvalue weighted by Crippen LogP contribution is -2.32. The number of anilines is 1. The van der Waals surface area contributed by atoms with Crippen LogP contribution in [0.3, 0.4) is 0 Å². The number of nitrogens with one attached hydrogen (secondary N) is 3. The zero-order chi connectivity index (χ0) is 13.6. The van der Waals surface area contributed by atoms with Crippen molar-refractivity contribution in [3.05, 3.63) is 11.1 Å². The highest BCUT2D eigenvalue weighted by atomic mass is 32.2. The van der Waals surface area contributed by atoms with Gasteiger partial charge in [0.1, 0.15) is 0 Å². The van der Waals surface area contributed by atoms with E-state index in [1.807, 2.05) is 19.4 Å². The van der Waals surface area contributed by atoms with E-state index in [1.165, 1.54) is 18.4 Å². The molecule has 1 unspecified atom stereocenters. The molecule has 9 heteroatoms. The second-order valence-electron chi connectivity index (χ2n) is 3.58. The third kappa shape index (κ3) is 4.86. The largest absolute Gasteiger partial charge is 0.383 e. The molecule has 0 saturated carbocycles. The Bertz CT molecular complexity index is 460. The Morgan fingerprint density at radius 2 is 2.28 bits per heavy atom. The van der Waals surface area contributed by atoms with Gasteiger partial charge in [0.15, 0.2) is 5.13 Å². The Balaban J connectivity index is 2.58. The van der Waals surface area contributed by atoms with Crippen LogP contribution < -0.4 is 14.8 Å². The molecular weight excluding hydrogens is 276 g/mol. The Labute approximate surface area is 111 Å². The highest BCUT2D eigenvalue weighted by Crippen LogP contribution is 2.20. The number of hydrogen-bond acceptors (Lipinski definition) is 6. The van der Waals surface area contributed by atoms with E-state index < -0.39 is 10.2 Å². The highest BCUT2D eigenvalue weighted by molar-refractivity contribution is 7.91. The van der Waals surface area contributed by atoms with Gasteiger partial charge in [-0.3, -0.25) is 0 Å². The van der Waals surface area contributed by atoms with Gasteiger partial charge in [0, 0.05) is 25.1 Å². The fraction of sp³-hybridized carbons (Fsp3) is 0.667. The smallest absolute Gasteiger partial charge is 0.300 e. The lowest BCUT2D eigenvalue weighted by atomic mass is 10.3. The molecule has 0 aliphatic heterocycles. The maximum Gasteiger partial charge on any atom is 0.300 e. The molecule has 0 fully saturated rings. The van der Waals surface area contributed by atoms with Crippen LogP contribution in [-0.4, -0.2) is 40.7 Å². The van der Waals surface area contributed by atoms with Crippen LogP contribution in [0.1, 0.15) is 18.7 Å². The minimum atomic E-state index is -3.58. The molecular formula is C9H18N4O3S2. The summed E-state index contributed by atoms with van der Waals surface area (Å²) in [5.74, 6) is 0. The first-order valence-electron chi connectivity index (χ1n) is 5.37. The summed E-state index contributed by atoms with van der Waals surface area (Å²) in [5, 5.41) is 5.19. The Hall–Kier alpha value is -0.740. The number of thiazole rings is 1. The predicted octanol–water partition coefficient (Wildman–Crippen LogP) is 0.316. The van der Waals surface area contributed by atoms with E-state index in [2.05, 4.69) is 19.7 Å². The van der Waals surface area contributed by atoms with Gasteiger partial charge in [0.05, 0.1) is 12.3 Å². The Kier molecular flexibility index (Phi) is 5.96. The molecule has 0 aliphatic rings. The average molecular weight is 294 g/mol. The van der Waals surface area contributed by atoms with Crippen LogP contribution in [0.2, 0.25) is 0 Å². The second kappa shape index (κ2) is 7.00. The molecule has 0 amide bonds. The first kappa shape index (κ1) is 15.3. The number of methoxy groups -OCH3 is 1. The van der Waals surface area contributed by atoms with Gasteiger partial charge in [-0.1, -0.05) is 0 Å². The summed E-state index contributed by atoms with van der Waals surface area (Å²) < 4.78 is 32.7. The fourth-order valence-corrected chi connectivity index (χ4v) is 2.98. The average Bonchev–Trinajstić information content (AvgIpc) is 2.75. The van der Waals surface area contributed by atoms with E-state index in [9.17, 15) is 8.42 Å². The van der Waals surface area contributed by atoms with E-state index >= 15 is 0 Å². The maximum absolute atomic E-state index is 11.6. The van der Waals surface area contributed by atoms with Crippen molar-refractivity contribution in [1.82, 2.24) is 15.0 Å². The SMILES string of the molecule is CNC(C)c1csc(NS(=O)(=O)NCCOC)n1. The van der Waals surface area contributed by atoms with E-state index in [0.29, 0.717) is 11.7 Å². The first-order valence-corrected chi connectivity index (χ1v) is 7.74. The molecule has 0 aromatic carbocycles. The number of ether oxygens (including phenoxy) is 1. The van der Waals surface area contributed by atoms with Gasteiger partial charge >= 0.3 is 10.2 Å². The predicted molar refractivity (Wildman–Crippen MR) is 72.0 cm³/mol. The van der Waals surface area contributed by atoms with Gasteiger partial charge in [0.25, 0.3) is 0 Å². The summed E-state index contributed by atoms with van der Waals surface area (Å²) in [6, 6.07) is 0.0842. The third-order valence-electron chi connectivity index (χ3n) is 2.22. The van der Waals surface area contributed by atoms with Crippen molar-refractivity contribution < 1.29 is 13.2 Å². The number of rotatable bonds is 8. The number of hydrogen-bond donors (Lipinski definition) is 3. The quantitative estimate of drug-likeness (QED) is 0.600. The summed E-state index contributed by atoms with van der Waals surface area (Å²) in [4.78, 5) is 4.19. The van der Waals surface area contributed by atoms with Crippen LogP contribution in [-0.2, 0) is 14.9 Å². The number of nitrogens with zero attached hydrogens (tertiary/aromatic N) is 1. The molecule has 1 heterocycles. The van der Waals surface area contributed by atoms with E-state index in [0.717, 1.165) is 5.69 Å². The van der Waals surface area contributed by atoms with Crippen LogP contribution in [0.5, 0.6) is 0 Å².